The van der Waals surface area contributed by atoms with Crippen LogP contribution in [0.4, 0.5) is 0 Å². The molecular formula is C22H24N4O3. The molecule has 7 nitrogen and oxygen atoms in total. The van der Waals surface area contributed by atoms with E-state index >= 15 is 0 Å². The van der Waals surface area contributed by atoms with Crippen molar-refractivity contribution in [3.05, 3.63) is 53.8 Å². The molecule has 0 aliphatic carbocycles. The second-order valence-electron chi connectivity index (χ2n) is 7.93. The van der Waals surface area contributed by atoms with E-state index in [9.17, 15) is 4.79 Å². The number of ether oxygens (including phenoxy) is 1. The Morgan fingerprint density at radius 2 is 1.93 bits per heavy atom. The molecule has 2 aromatic heterocycles. The van der Waals surface area contributed by atoms with Crippen molar-refractivity contribution in [1.29, 1.82) is 0 Å². The van der Waals surface area contributed by atoms with E-state index < -0.39 is 0 Å². The summed E-state index contributed by atoms with van der Waals surface area (Å²) in [5, 5.41) is 5.22. The number of likely N-dealkylation sites (tertiary alicyclic amines) is 1. The van der Waals surface area contributed by atoms with Crippen LogP contribution in [0.3, 0.4) is 0 Å². The number of para-hydroxylation sites is 1. The first-order valence-electron chi connectivity index (χ1n) is 10.3. The zero-order valence-corrected chi connectivity index (χ0v) is 16.3. The van der Waals surface area contributed by atoms with E-state index in [-0.39, 0.29) is 5.91 Å². The summed E-state index contributed by atoms with van der Waals surface area (Å²) in [6, 6.07) is 11.6. The molecule has 0 spiro atoms. The lowest BCUT2D eigenvalue weighted by Gasteiger charge is -2.18. The minimum Gasteiger partial charge on any atom is -0.381 e. The van der Waals surface area contributed by atoms with Crippen molar-refractivity contribution in [1.82, 2.24) is 20.0 Å². The maximum atomic E-state index is 12.9. The number of aromatic nitrogens is 3. The molecule has 5 rings (SSSR count). The smallest absolute Gasteiger partial charge is 0.272 e. The Balaban J connectivity index is 1.21. The third-order valence-electron chi connectivity index (χ3n) is 5.92. The summed E-state index contributed by atoms with van der Waals surface area (Å²) in [7, 11) is 0. The zero-order chi connectivity index (χ0) is 19.6. The van der Waals surface area contributed by atoms with E-state index in [0.717, 1.165) is 68.1 Å². The number of pyridine rings is 1. The van der Waals surface area contributed by atoms with E-state index in [2.05, 4.69) is 15.1 Å². The van der Waals surface area contributed by atoms with Crippen LogP contribution < -0.4 is 0 Å². The van der Waals surface area contributed by atoms with E-state index in [0.29, 0.717) is 24.1 Å². The van der Waals surface area contributed by atoms with Gasteiger partial charge in [-0.25, -0.2) is 4.98 Å². The Hall–Kier alpha value is -2.80. The van der Waals surface area contributed by atoms with E-state index in [1.165, 1.54) is 0 Å². The molecule has 2 aliphatic heterocycles. The average Bonchev–Trinajstić information content (AvgIpc) is 3.44. The minimum absolute atomic E-state index is 0.00532. The molecule has 1 unspecified atom stereocenters. The van der Waals surface area contributed by atoms with Gasteiger partial charge in [0.15, 0.2) is 5.82 Å². The molecule has 0 radical (unpaired) electrons. The monoisotopic (exact) mass is 392 g/mol. The van der Waals surface area contributed by atoms with Crippen LogP contribution in [0.1, 0.15) is 47.4 Å². The van der Waals surface area contributed by atoms with Gasteiger partial charge in [0.2, 0.25) is 5.89 Å². The van der Waals surface area contributed by atoms with Gasteiger partial charge in [-0.1, -0.05) is 29.4 Å². The number of carbonyl (C=O) groups is 1. The van der Waals surface area contributed by atoms with Gasteiger partial charge in [0.05, 0.1) is 5.52 Å². The number of amides is 1. The van der Waals surface area contributed by atoms with Gasteiger partial charge < -0.3 is 14.2 Å². The van der Waals surface area contributed by atoms with Gasteiger partial charge in [0.25, 0.3) is 5.91 Å². The first kappa shape index (κ1) is 18.2. The molecule has 2 saturated heterocycles. The van der Waals surface area contributed by atoms with Crippen LogP contribution in [0.2, 0.25) is 0 Å². The highest BCUT2D eigenvalue weighted by Gasteiger charge is 2.29. The Bertz CT molecular complexity index is 1010. The molecule has 2 aliphatic rings. The van der Waals surface area contributed by atoms with Gasteiger partial charge in [-0.3, -0.25) is 4.79 Å². The van der Waals surface area contributed by atoms with Gasteiger partial charge in [-0.15, -0.1) is 0 Å². The zero-order valence-electron chi connectivity index (χ0n) is 16.3. The fourth-order valence-electron chi connectivity index (χ4n) is 4.25. The van der Waals surface area contributed by atoms with E-state index in [4.69, 9.17) is 9.26 Å². The summed E-state index contributed by atoms with van der Waals surface area (Å²) in [6.45, 7) is 2.95. The van der Waals surface area contributed by atoms with Crippen molar-refractivity contribution in [3.63, 3.8) is 0 Å². The number of hydrogen-bond donors (Lipinski definition) is 0. The standard InChI is InChI=1S/C22H24N4O3/c27-22(19-6-5-16-3-1-2-4-18(16)23-19)26-10-7-15(14-26)13-20-24-21(29-25-20)17-8-11-28-12-9-17/h1-6,15,17H,7-14H2. The van der Waals surface area contributed by atoms with Crippen molar-refractivity contribution in [2.24, 2.45) is 5.92 Å². The molecule has 1 aromatic carbocycles. The molecule has 7 heteroatoms. The molecule has 3 aromatic rings. The first-order valence-corrected chi connectivity index (χ1v) is 10.3. The molecule has 0 saturated carbocycles. The minimum atomic E-state index is -0.00532. The average molecular weight is 392 g/mol. The molecule has 0 bridgehead atoms. The molecule has 1 atom stereocenters. The fourth-order valence-corrected chi connectivity index (χ4v) is 4.25. The lowest BCUT2D eigenvalue weighted by Crippen LogP contribution is -2.29. The fraction of sp³-hybridized carbons (Fsp3) is 0.455. The molecular weight excluding hydrogens is 368 g/mol. The predicted molar refractivity (Wildman–Crippen MR) is 107 cm³/mol. The topological polar surface area (TPSA) is 81.4 Å². The lowest BCUT2D eigenvalue weighted by atomic mass is 10.0. The highest BCUT2D eigenvalue weighted by atomic mass is 16.5. The summed E-state index contributed by atoms with van der Waals surface area (Å²) < 4.78 is 10.9. The van der Waals surface area contributed by atoms with E-state index in [1.807, 2.05) is 41.3 Å². The number of carbonyl (C=O) groups excluding carboxylic acids is 1. The van der Waals surface area contributed by atoms with Crippen LogP contribution >= 0.6 is 0 Å². The summed E-state index contributed by atoms with van der Waals surface area (Å²) in [6.07, 6.45) is 3.56. The molecule has 150 valence electrons. The summed E-state index contributed by atoms with van der Waals surface area (Å²) >= 11 is 0. The van der Waals surface area contributed by atoms with Crippen LogP contribution in [0.15, 0.2) is 40.9 Å². The third-order valence-corrected chi connectivity index (χ3v) is 5.92. The van der Waals surface area contributed by atoms with Crippen molar-refractivity contribution in [2.45, 2.75) is 31.6 Å². The van der Waals surface area contributed by atoms with Crippen LogP contribution in [0.25, 0.3) is 10.9 Å². The molecule has 2 fully saturated rings. The SMILES string of the molecule is O=C(c1ccc2ccccc2n1)N1CCC(Cc2noc(C3CCOCC3)n2)C1. The van der Waals surface area contributed by atoms with Crippen molar-refractivity contribution < 1.29 is 14.1 Å². The van der Waals surface area contributed by atoms with Gasteiger partial charge in [-0.2, -0.15) is 4.98 Å². The summed E-state index contributed by atoms with van der Waals surface area (Å²) in [5.41, 5.74) is 1.35. The number of nitrogens with zero attached hydrogens (tertiary/aromatic N) is 4. The maximum Gasteiger partial charge on any atom is 0.272 e. The molecule has 1 amide bonds. The Morgan fingerprint density at radius 3 is 2.83 bits per heavy atom. The van der Waals surface area contributed by atoms with Crippen molar-refractivity contribution in [2.75, 3.05) is 26.3 Å². The van der Waals surface area contributed by atoms with Crippen molar-refractivity contribution >= 4 is 16.8 Å². The van der Waals surface area contributed by atoms with Gasteiger partial charge in [0, 0.05) is 44.0 Å². The quantitative estimate of drug-likeness (QED) is 0.678. The van der Waals surface area contributed by atoms with Crippen LogP contribution in [-0.4, -0.2) is 52.2 Å². The molecule has 0 N–H and O–H groups in total. The number of fused-ring (bicyclic) bond motifs is 1. The molecule has 4 heterocycles. The number of rotatable bonds is 4. The Labute approximate surface area is 169 Å². The third kappa shape index (κ3) is 3.87. The Kier molecular flexibility index (Phi) is 4.97. The second kappa shape index (κ2) is 7.91. The van der Waals surface area contributed by atoms with Gasteiger partial charge in [0.1, 0.15) is 5.69 Å². The van der Waals surface area contributed by atoms with Gasteiger partial charge in [-0.05, 0) is 37.3 Å². The van der Waals surface area contributed by atoms with E-state index in [1.54, 1.807) is 0 Å². The van der Waals surface area contributed by atoms with Gasteiger partial charge >= 0.3 is 0 Å². The maximum absolute atomic E-state index is 12.9. The lowest BCUT2D eigenvalue weighted by molar-refractivity contribution is 0.0777. The normalized spacial score (nSPS) is 20.4. The Morgan fingerprint density at radius 1 is 1.07 bits per heavy atom. The highest BCUT2D eigenvalue weighted by Crippen LogP contribution is 2.27. The largest absolute Gasteiger partial charge is 0.381 e. The first-order chi connectivity index (χ1) is 14.3. The van der Waals surface area contributed by atoms with Crippen LogP contribution in [0.5, 0.6) is 0 Å². The number of benzene rings is 1. The predicted octanol–water partition coefficient (Wildman–Crippen LogP) is 3.22. The number of hydrogen-bond acceptors (Lipinski definition) is 6. The summed E-state index contributed by atoms with van der Waals surface area (Å²) in [5.74, 6) is 2.13. The van der Waals surface area contributed by atoms with Crippen molar-refractivity contribution in [3.8, 4) is 0 Å². The van der Waals surface area contributed by atoms with Crippen LogP contribution in [-0.2, 0) is 11.2 Å². The second-order valence-corrected chi connectivity index (χ2v) is 7.93. The molecule has 29 heavy (non-hydrogen) atoms. The summed E-state index contributed by atoms with van der Waals surface area (Å²) in [4.78, 5) is 23.9. The highest BCUT2D eigenvalue weighted by molar-refractivity contribution is 5.95. The van der Waals surface area contributed by atoms with Crippen LogP contribution in [0, 0.1) is 5.92 Å².